The molecule has 0 heterocycles. The Labute approximate surface area is 113 Å². The highest BCUT2D eigenvalue weighted by Gasteiger charge is 2.12. The Balaban J connectivity index is 1.60. The Kier molecular flexibility index (Phi) is 5.53. The summed E-state index contributed by atoms with van der Waals surface area (Å²) in [5, 5.41) is 5.14. The maximum absolute atomic E-state index is 5.84. The van der Waals surface area contributed by atoms with Gasteiger partial charge in [-0.25, -0.2) is 0 Å². The van der Waals surface area contributed by atoms with E-state index in [1.807, 2.05) is 24.3 Å². The quantitative estimate of drug-likeness (QED) is 0.770. The molecule has 3 heteroatoms. The molecule has 0 radical (unpaired) electrons. The maximum Gasteiger partial charge on any atom is 0.0407 e. The first-order valence-electron chi connectivity index (χ1n) is 6.45. The first kappa shape index (κ1) is 13.1. The molecule has 1 nitrogen and oxygen atoms in total. The molecule has 0 amide bonds. The minimum atomic E-state index is 0.798. The zero-order chi connectivity index (χ0) is 11.9. The van der Waals surface area contributed by atoms with Crippen molar-refractivity contribution in [3.8, 4) is 0 Å². The van der Waals surface area contributed by atoms with Crippen molar-refractivity contribution < 1.29 is 0 Å². The van der Waals surface area contributed by atoms with Crippen LogP contribution in [0.4, 0.5) is 5.69 Å². The molecule has 1 fully saturated rings. The van der Waals surface area contributed by atoms with E-state index in [2.05, 4.69) is 17.1 Å². The molecule has 17 heavy (non-hydrogen) atoms. The second-order valence-electron chi connectivity index (χ2n) is 4.56. The van der Waals surface area contributed by atoms with Gasteiger partial charge in [-0.05, 0) is 37.1 Å². The molecule has 1 aliphatic rings. The lowest BCUT2D eigenvalue weighted by atomic mass is 10.0. The summed E-state index contributed by atoms with van der Waals surface area (Å²) in [6.07, 6.45) is 7.15. The van der Waals surface area contributed by atoms with Crippen LogP contribution in [-0.4, -0.2) is 17.5 Å². The fraction of sp³-hybridized carbons (Fsp3) is 0.571. The van der Waals surface area contributed by atoms with E-state index in [0.717, 1.165) is 16.8 Å². The van der Waals surface area contributed by atoms with Gasteiger partial charge in [0.15, 0.2) is 0 Å². The van der Waals surface area contributed by atoms with E-state index in [1.54, 1.807) is 0 Å². The monoisotopic (exact) mass is 269 g/mol. The summed E-state index contributed by atoms with van der Waals surface area (Å²) in [4.78, 5) is 0. The lowest BCUT2D eigenvalue weighted by Gasteiger charge is -2.21. The van der Waals surface area contributed by atoms with Crippen LogP contribution in [0, 0.1) is 0 Å². The molecule has 0 unspecified atom stereocenters. The van der Waals surface area contributed by atoms with Crippen LogP contribution in [0.2, 0.25) is 5.02 Å². The number of nitrogens with one attached hydrogen (secondary N) is 1. The summed E-state index contributed by atoms with van der Waals surface area (Å²) in [7, 11) is 0. The fourth-order valence-corrected chi connectivity index (χ4v) is 3.57. The lowest BCUT2D eigenvalue weighted by Crippen LogP contribution is -2.12. The van der Waals surface area contributed by atoms with E-state index in [0.29, 0.717) is 0 Å². The van der Waals surface area contributed by atoms with Gasteiger partial charge in [0.05, 0.1) is 0 Å². The number of halogens is 1. The van der Waals surface area contributed by atoms with Crippen molar-refractivity contribution in [3.63, 3.8) is 0 Å². The number of anilines is 1. The minimum absolute atomic E-state index is 0.798. The normalized spacial score (nSPS) is 17.0. The predicted octanol–water partition coefficient (Wildman–Crippen LogP) is 4.82. The van der Waals surface area contributed by atoms with Crippen LogP contribution >= 0.6 is 23.4 Å². The Morgan fingerprint density at radius 2 is 1.82 bits per heavy atom. The van der Waals surface area contributed by atoms with Gasteiger partial charge in [-0.2, -0.15) is 11.8 Å². The van der Waals surface area contributed by atoms with Crippen LogP contribution in [0.1, 0.15) is 32.1 Å². The van der Waals surface area contributed by atoms with E-state index in [-0.39, 0.29) is 0 Å². The van der Waals surface area contributed by atoms with Gasteiger partial charge in [0.2, 0.25) is 0 Å². The van der Waals surface area contributed by atoms with Crippen LogP contribution in [0.25, 0.3) is 0 Å². The highest BCUT2D eigenvalue weighted by atomic mass is 35.5. The average molecular weight is 270 g/mol. The van der Waals surface area contributed by atoms with Gasteiger partial charge in [0.1, 0.15) is 0 Å². The number of rotatable bonds is 5. The van der Waals surface area contributed by atoms with E-state index in [4.69, 9.17) is 11.6 Å². The molecule has 2 rings (SSSR count). The van der Waals surface area contributed by atoms with Crippen molar-refractivity contribution in [2.45, 2.75) is 37.4 Å². The molecule has 1 aliphatic carbocycles. The molecule has 0 aromatic heterocycles. The molecule has 0 spiro atoms. The largest absolute Gasteiger partial charge is 0.384 e. The zero-order valence-electron chi connectivity index (χ0n) is 10.1. The first-order chi connectivity index (χ1) is 8.34. The third kappa shape index (κ3) is 4.81. The second kappa shape index (κ2) is 7.17. The molecule has 1 aromatic carbocycles. The second-order valence-corrected chi connectivity index (χ2v) is 6.41. The molecule has 0 atom stereocenters. The highest BCUT2D eigenvalue weighted by Crippen LogP contribution is 2.27. The predicted molar refractivity (Wildman–Crippen MR) is 79.3 cm³/mol. The van der Waals surface area contributed by atoms with Crippen LogP contribution < -0.4 is 5.32 Å². The topological polar surface area (TPSA) is 12.0 Å². The first-order valence-corrected chi connectivity index (χ1v) is 7.88. The van der Waals surface area contributed by atoms with Crippen molar-refractivity contribution in [2.75, 3.05) is 17.6 Å². The van der Waals surface area contributed by atoms with Gasteiger partial charge in [-0.3, -0.25) is 0 Å². The van der Waals surface area contributed by atoms with Crippen molar-refractivity contribution in [1.29, 1.82) is 0 Å². The van der Waals surface area contributed by atoms with Gasteiger partial charge in [-0.15, -0.1) is 0 Å². The van der Waals surface area contributed by atoms with Crippen LogP contribution in [0.15, 0.2) is 24.3 Å². The molecule has 0 saturated heterocycles. The molecular formula is C14H20ClNS. The Morgan fingerprint density at radius 3 is 2.53 bits per heavy atom. The van der Waals surface area contributed by atoms with Gasteiger partial charge in [0.25, 0.3) is 0 Å². The molecule has 1 N–H and O–H groups in total. The Morgan fingerprint density at radius 1 is 1.12 bits per heavy atom. The fourth-order valence-electron chi connectivity index (χ4n) is 2.22. The van der Waals surface area contributed by atoms with Gasteiger partial charge in [0, 0.05) is 28.3 Å². The summed E-state index contributed by atoms with van der Waals surface area (Å²) in [6.45, 7) is 1.04. The summed E-state index contributed by atoms with van der Waals surface area (Å²) in [5.41, 5.74) is 1.17. The smallest absolute Gasteiger partial charge is 0.0407 e. The molecule has 1 aromatic rings. The van der Waals surface area contributed by atoms with Crippen molar-refractivity contribution in [1.82, 2.24) is 0 Å². The third-order valence-corrected chi connectivity index (χ3v) is 4.82. The van der Waals surface area contributed by atoms with E-state index >= 15 is 0 Å². The van der Waals surface area contributed by atoms with E-state index in [1.165, 1.54) is 43.5 Å². The van der Waals surface area contributed by atoms with E-state index in [9.17, 15) is 0 Å². The highest BCUT2D eigenvalue weighted by molar-refractivity contribution is 7.99. The number of benzene rings is 1. The molecule has 1 saturated carbocycles. The van der Waals surface area contributed by atoms with E-state index < -0.39 is 0 Å². The number of hydrogen-bond donors (Lipinski definition) is 1. The van der Waals surface area contributed by atoms with Gasteiger partial charge >= 0.3 is 0 Å². The van der Waals surface area contributed by atoms with Crippen molar-refractivity contribution in [3.05, 3.63) is 29.3 Å². The van der Waals surface area contributed by atoms with Gasteiger partial charge < -0.3 is 5.32 Å². The van der Waals surface area contributed by atoms with Crippen molar-refractivity contribution in [2.24, 2.45) is 0 Å². The zero-order valence-corrected chi connectivity index (χ0v) is 11.7. The average Bonchev–Trinajstić information content (AvgIpc) is 2.38. The van der Waals surface area contributed by atoms with Gasteiger partial charge in [-0.1, -0.05) is 30.9 Å². The minimum Gasteiger partial charge on any atom is -0.384 e. The maximum atomic E-state index is 5.84. The molecule has 0 bridgehead atoms. The summed E-state index contributed by atoms with van der Waals surface area (Å²) in [5.74, 6) is 1.20. The van der Waals surface area contributed by atoms with Crippen LogP contribution in [0.5, 0.6) is 0 Å². The lowest BCUT2D eigenvalue weighted by molar-refractivity contribution is 0.516. The standard InChI is InChI=1S/C14H20ClNS/c15-12-6-8-13(9-7-12)16-10-11-17-14-4-2-1-3-5-14/h6-9,14,16H,1-5,10-11H2. The Hall–Kier alpha value is -0.340. The SMILES string of the molecule is Clc1ccc(NCCSC2CCCCC2)cc1. The van der Waals surface area contributed by atoms with Crippen molar-refractivity contribution >= 4 is 29.1 Å². The van der Waals surface area contributed by atoms with Crippen LogP contribution in [0.3, 0.4) is 0 Å². The number of hydrogen-bond acceptors (Lipinski definition) is 2. The summed E-state index contributed by atoms with van der Waals surface area (Å²) < 4.78 is 0. The summed E-state index contributed by atoms with van der Waals surface area (Å²) >= 11 is 7.97. The third-order valence-electron chi connectivity index (χ3n) is 3.18. The molecular weight excluding hydrogens is 250 g/mol. The molecule has 94 valence electrons. The van der Waals surface area contributed by atoms with Crippen LogP contribution in [-0.2, 0) is 0 Å². The summed E-state index contributed by atoms with van der Waals surface area (Å²) in [6, 6.07) is 7.93. The molecule has 0 aliphatic heterocycles. The Bertz CT molecular complexity index is 319. The number of thioether (sulfide) groups is 1.